The highest BCUT2D eigenvalue weighted by atomic mass is 15.3. The second-order valence-corrected chi connectivity index (χ2v) is 5.07. The van der Waals surface area contributed by atoms with Crippen molar-refractivity contribution in [3.63, 3.8) is 0 Å². The fourth-order valence-electron chi connectivity index (χ4n) is 2.58. The number of likely N-dealkylation sites (N-methyl/N-ethyl adjacent to an activating group) is 1. The summed E-state index contributed by atoms with van der Waals surface area (Å²) < 4.78 is 2.11. The minimum atomic E-state index is 0.296. The smallest absolute Gasteiger partial charge is 0.0624 e. The zero-order valence-corrected chi connectivity index (χ0v) is 12.8. The Balaban J connectivity index is 2.26. The Labute approximate surface area is 121 Å². The first-order chi connectivity index (χ1) is 9.69. The Morgan fingerprint density at radius 2 is 2.15 bits per heavy atom. The third-order valence-electron chi connectivity index (χ3n) is 3.78. The molecular formula is C16H24N4. The Bertz CT molecular complexity index is 559. The van der Waals surface area contributed by atoms with Gasteiger partial charge in [0.05, 0.1) is 5.69 Å². The number of aryl methyl sites for hydroxylation is 3. The van der Waals surface area contributed by atoms with Crippen LogP contribution in [0.5, 0.6) is 0 Å². The molecule has 0 bridgehead atoms. The highest BCUT2D eigenvalue weighted by Crippen LogP contribution is 2.21. The summed E-state index contributed by atoms with van der Waals surface area (Å²) in [6.45, 7) is 7.32. The molecule has 0 radical (unpaired) electrons. The lowest BCUT2D eigenvalue weighted by atomic mass is 9.99. The fraction of sp³-hybridized carbons (Fsp3) is 0.500. The highest BCUT2D eigenvalue weighted by Gasteiger charge is 2.15. The van der Waals surface area contributed by atoms with Crippen LogP contribution in [0.1, 0.15) is 42.4 Å². The molecule has 2 aromatic rings. The third kappa shape index (κ3) is 3.07. The van der Waals surface area contributed by atoms with Crippen LogP contribution in [0.3, 0.4) is 0 Å². The first kappa shape index (κ1) is 14.7. The van der Waals surface area contributed by atoms with Gasteiger partial charge in [-0.1, -0.05) is 6.92 Å². The van der Waals surface area contributed by atoms with Crippen molar-refractivity contribution in [3.8, 4) is 0 Å². The summed E-state index contributed by atoms with van der Waals surface area (Å²) in [6.07, 6.45) is 5.72. The summed E-state index contributed by atoms with van der Waals surface area (Å²) in [5.74, 6) is 0. The van der Waals surface area contributed by atoms with E-state index in [-0.39, 0.29) is 0 Å². The zero-order chi connectivity index (χ0) is 14.5. The van der Waals surface area contributed by atoms with Gasteiger partial charge in [-0.25, -0.2) is 0 Å². The number of pyridine rings is 1. The molecule has 0 aliphatic heterocycles. The summed E-state index contributed by atoms with van der Waals surface area (Å²) in [5, 5.41) is 8.04. The summed E-state index contributed by atoms with van der Waals surface area (Å²) in [7, 11) is 2.01. The van der Waals surface area contributed by atoms with Crippen molar-refractivity contribution in [1.29, 1.82) is 0 Å². The number of nitrogens with zero attached hydrogens (tertiary/aromatic N) is 3. The molecule has 2 rings (SSSR count). The summed E-state index contributed by atoms with van der Waals surface area (Å²) in [4.78, 5) is 4.17. The molecule has 0 fully saturated rings. The van der Waals surface area contributed by atoms with Gasteiger partial charge in [0.1, 0.15) is 0 Å². The van der Waals surface area contributed by atoms with Crippen LogP contribution >= 0.6 is 0 Å². The van der Waals surface area contributed by atoms with E-state index in [4.69, 9.17) is 0 Å². The molecule has 0 saturated heterocycles. The van der Waals surface area contributed by atoms with Gasteiger partial charge in [-0.3, -0.25) is 9.67 Å². The van der Waals surface area contributed by atoms with Crippen LogP contribution in [0.25, 0.3) is 0 Å². The van der Waals surface area contributed by atoms with Crippen LogP contribution in [-0.4, -0.2) is 21.8 Å². The molecule has 4 nitrogen and oxygen atoms in total. The molecule has 108 valence electrons. The molecule has 0 aliphatic rings. The maximum atomic E-state index is 4.63. The van der Waals surface area contributed by atoms with E-state index in [0.29, 0.717) is 6.04 Å². The Morgan fingerprint density at radius 1 is 1.35 bits per heavy atom. The molecule has 0 spiro atoms. The SMILES string of the molecule is CCc1cc(CC(NC)c2ccncc2C)n(CC)n1. The van der Waals surface area contributed by atoms with E-state index in [9.17, 15) is 0 Å². The molecule has 20 heavy (non-hydrogen) atoms. The lowest BCUT2D eigenvalue weighted by molar-refractivity contribution is 0.538. The Kier molecular flexibility index (Phi) is 4.90. The van der Waals surface area contributed by atoms with Crippen LogP contribution in [-0.2, 0) is 19.4 Å². The van der Waals surface area contributed by atoms with E-state index in [1.54, 1.807) is 0 Å². The first-order valence-corrected chi connectivity index (χ1v) is 7.32. The average Bonchev–Trinajstić information content (AvgIpc) is 2.88. The molecule has 2 aromatic heterocycles. The molecular weight excluding hydrogens is 248 g/mol. The summed E-state index contributed by atoms with van der Waals surface area (Å²) >= 11 is 0. The number of hydrogen-bond donors (Lipinski definition) is 1. The normalized spacial score (nSPS) is 12.6. The molecule has 0 aromatic carbocycles. The van der Waals surface area contributed by atoms with Crippen LogP contribution in [0, 0.1) is 6.92 Å². The molecule has 1 unspecified atom stereocenters. The van der Waals surface area contributed by atoms with E-state index in [1.807, 2.05) is 19.4 Å². The average molecular weight is 272 g/mol. The number of nitrogens with one attached hydrogen (secondary N) is 1. The van der Waals surface area contributed by atoms with Gasteiger partial charge in [-0.05, 0) is 50.6 Å². The molecule has 4 heteroatoms. The Hall–Kier alpha value is -1.68. The molecule has 2 heterocycles. The van der Waals surface area contributed by atoms with Crippen molar-refractivity contribution >= 4 is 0 Å². The molecule has 0 aliphatic carbocycles. The van der Waals surface area contributed by atoms with Crippen LogP contribution in [0.15, 0.2) is 24.5 Å². The van der Waals surface area contributed by atoms with Gasteiger partial charge in [0, 0.05) is 37.1 Å². The van der Waals surface area contributed by atoms with Gasteiger partial charge in [0.25, 0.3) is 0 Å². The van der Waals surface area contributed by atoms with E-state index in [0.717, 1.165) is 19.4 Å². The van der Waals surface area contributed by atoms with E-state index in [2.05, 4.69) is 53.0 Å². The van der Waals surface area contributed by atoms with Gasteiger partial charge in [-0.2, -0.15) is 5.10 Å². The number of rotatable bonds is 6. The van der Waals surface area contributed by atoms with Crippen molar-refractivity contribution in [2.24, 2.45) is 0 Å². The molecule has 0 saturated carbocycles. The highest BCUT2D eigenvalue weighted by molar-refractivity contribution is 5.27. The van der Waals surface area contributed by atoms with Crippen molar-refractivity contribution < 1.29 is 0 Å². The van der Waals surface area contributed by atoms with Gasteiger partial charge in [0.15, 0.2) is 0 Å². The molecule has 1 atom stereocenters. The second-order valence-electron chi connectivity index (χ2n) is 5.07. The molecule has 0 amide bonds. The lowest BCUT2D eigenvalue weighted by Crippen LogP contribution is -2.21. The molecule has 1 N–H and O–H groups in total. The first-order valence-electron chi connectivity index (χ1n) is 7.32. The number of aromatic nitrogens is 3. The zero-order valence-electron chi connectivity index (χ0n) is 12.8. The van der Waals surface area contributed by atoms with Crippen molar-refractivity contribution in [3.05, 3.63) is 47.0 Å². The minimum absolute atomic E-state index is 0.296. The maximum absolute atomic E-state index is 4.63. The van der Waals surface area contributed by atoms with Gasteiger partial charge >= 0.3 is 0 Å². The van der Waals surface area contributed by atoms with E-state index < -0.39 is 0 Å². The van der Waals surface area contributed by atoms with Crippen LogP contribution < -0.4 is 5.32 Å². The second kappa shape index (κ2) is 6.66. The Morgan fingerprint density at radius 3 is 2.75 bits per heavy atom. The van der Waals surface area contributed by atoms with E-state index in [1.165, 1.54) is 22.5 Å². The lowest BCUT2D eigenvalue weighted by Gasteiger charge is -2.19. The maximum Gasteiger partial charge on any atom is 0.0624 e. The fourth-order valence-corrected chi connectivity index (χ4v) is 2.58. The van der Waals surface area contributed by atoms with Crippen molar-refractivity contribution in [2.45, 2.75) is 46.2 Å². The van der Waals surface area contributed by atoms with Crippen molar-refractivity contribution in [1.82, 2.24) is 20.1 Å². The third-order valence-corrected chi connectivity index (χ3v) is 3.78. The van der Waals surface area contributed by atoms with Crippen LogP contribution in [0.2, 0.25) is 0 Å². The van der Waals surface area contributed by atoms with Gasteiger partial charge < -0.3 is 5.32 Å². The summed E-state index contributed by atoms with van der Waals surface area (Å²) in [6, 6.07) is 4.62. The standard InChI is InChI=1S/C16H24N4/c1-5-13-9-14(20(6-2)19-13)10-16(17-4)15-7-8-18-11-12(15)3/h7-9,11,16-17H,5-6,10H2,1-4H3. The monoisotopic (exact) mass is 272 g/mol. The topological polar surface area (TPSA) is 42.7 Å². The quantitative estimate of drug-likeness (QED) is 0.879. The van der Waals surface area contributed by atoms with Crippen LogP contribution in [0.4, 0.5) is 0 Å². The number of hydrogen-bond acceptors (Lipinski definition) is 3. The van der Waals surface area contributed by atoms with E-state index >= 15 is 0 Å². The van der Waals surface area contributed by atoms with Gasteiger partial charge in [0.2, 0.25) is 0 Å². The predicted octanol–water partition coefficient (Wildman–Crippen LogP) is 2.67. The predicted molar refractivity (Wildman–Crippen MR) is 81.8 cm³/mol. The van der Waals surface area contributed by atoms with Crippen molar-refractivity contribution in [2.75, 3.05) is 7.05 Å². The van der Waals surface area contributed by atoms with Gasteiger partial charge in [-0.15, -0.1) is 0 Å². The summed E-state index contributed by atoms with van der Waals surface area (Å²) in [5.41, 5.74) is 5.00. The largest absolute Gasteiger partial charge is 0.313 e. The minimum Gasteiger partial charge on any atom is -0.313 e.